The van der Waals surface area contributed by atoms with Crippen molar-refractivity contribution in [2.24, 2.45) is 5.92 Å². The smallest absolute Gasteiger partial charge is 0.230 e. The van der Waals surface area contributed by atoms with E-state index in [0.717, 1.165) is 24.1 Å². The Bertz CT molecular complexity index is 888. The highest BCUT2D eigenvalue weighted by molar-refractivity contribution is 7.91. The number of hydrogen-bond acceptors (Lipinski definition) is 5. The Hall–Kier alpha value is -1.93. The number of morpholine rings is 1. The van der Waals surface area contributed by atoms with Gasteiger partial charge in [-0.3, -0.25) is 9.59 Å². The number of carbonyl (C=O) groups excluding carboxylic acids is 2. The molecule has 152 valence electrons. The van der Waals surface area contributed by atoms with E-state index in [2.05, 4.69) is 0 Å². The van der Waals surface area contributed by atoms with Crippen molar-refractivity contribution < 1.29 is 22.7 Å². The monoisotopic (exact) mass is 406 g/mol. The summed E-state index contributed by atoms with van der Waals surface area (Å²) in [6.07, 6.45) is 2.52. The van der Waals surface area contributed by atoms with Crippen molar-refractivity contribution in [2.75, 3.05) is 37.0 Å². The number of ether oxygens (including phenoxy) is 1. The molecule has 1 saturated carbocycles. The lowest BCUT2D eigenvalue weighted by Crippen LogP contribution is -2.41. The first-order valence-corrected chi connectivity index (χ1v) is 11.6. The minimum Gasteiger partial charge on any atom is -0.378 e. The fraction of sp³-hybridized carbons (Fsp3) is 0.600. The lowest BCUT2D eigenvalue weighted by atomic mass is 10.1. The van der Waals surface area contributed by atoms with E-state index >= 15 is 0 Å². The largest absolute Gasteiger partial charge is 0.378 e. The highest BCUT2D eigenvalue weighted by Gasteiger charge is 2.39. The van der Waals surface area contributed by atoms with Crippen LogP contribution in [0.3, 0.4) is 0 Å². The van der Waals surface area contributed by atoms with Gasteiger partial charge in [0.05, 0.1) is 23.9 Å². The van der Waals surface area contributed by atoms with Gasteiger partial charge in [0.2, 0.25) is 11.8 Å². The maximum atomic E-state index is 12.8. The van der Waals surface area contributed by atoms with Crippen LogP contribution in [0.1, 0.15) is 31.7 Å². The molecule has 4 rings (SSSR count). The second-order valence-corrected chi connectivity index (χ2v) is 10.00. The Morgan fingerprint density at radius 1 is 1.18 bits per heavy atom. The molecule has 1 saturated heterocycles. The fourth-order valence-electron chi connectivity index (χ4n) is 3.97. The van der Waals surface area contributed by atoms with Gasteiger partial charge in [-0.2, -0.15) is 0 Å². The number of rotatable bonds is 5. The van der Waals surface area contributed by atoms with E-state index in [1.54, 1.807) is 23.1 Å². The molecule has 0 N–H and O–H groups in total. The number of anilines is 1. The zero-order valence-corrected chi connectivity index (χ0v) is 16.9. The molecule has 8 heteroatoms. The van der Waals surface area contributed by atoms with Gasteiger partial charge in [0.25, 0.3) is 0 Å². The summed E-state index contributed by atoms with van der Waals surface area (Å²) in [6, 6.07) is 5.04. The van der Waals surface area contributed by atoms with Gasteiger partial charge in [-0.05, 0) is 49.9 Å². The van der Waals surface area contributed by atoms with Gasteiger partial charge in [0, 0.05) is 37.2 Å². The quantitative estimate of drug-likeness (QED) is 0.738. The molecule has 0 aromatic heterocycles. The van der Waals surface area contributed by atoms with Crippen molar-refractivity contribution >= 4 is 27.3 Å². The number of carbonyl (C=O) groups is 2. The van der Waals surface area contributed by atoms with Crippen LogP contribution in [0.25, 0.3) is 0 Å². The van der Waals surface area contributed by atoms with Crippen LogP contribution in [0.5, 0.6) is 0 Å². The van der Waals surface area contributed by atoms with Crippen molar-refractivity contribution in [3.63, 3.8) is 0 Å². The standard InChI is InChI=1S/C20H26N2O5S/c1-14-12-16-13-17(4-5-18(16)22(14)20(24)15-2-3-15)28(25,26)11-6-19(23)21-7-9-27-10-8-21/h4-5,13-15H,2-3,6-12H2,1H3/t14-/m0/s1. The van der Waals surface area contributed by atoms with Gasteiger partial charge in [0.1, 0.15) is 0 Å². The van der Waals surface area contributed by atoms with Crippen LogP contribution in [0.15, 0.2) is 23.1 Å². The molecule has 1 atom stereocenters. The van der Waals surface area contributed by atoms with E-state index in [4.69, 9.17) is 4.74 Å². The molecular formula is C20H26N2O5S. The van der Waals surface area contributed by atoms with Crippen LogP contribution in [0.2, 0.25) is 0 Å². The summed E-state index contributed by atoms with van der Waals surface area (Å²) in [5, 5.41) is 0. The molecule has 0 unspecified atom stereocenters. The van der Waals surface area contributed by atoms with Crippen molar-refractivity contribution in [3.8, 4) is 0 Å². The first kappa shape index (κ1) is 19.4. The molecule has 1 aromatic rings. The topological polar surface area (TPSA) is 84.0 Å². The Labute approximate surface area is 165 Å². The third-order valence-corrected chi connectivity index (χ3v) is 7.45. The predicted molar refractivity (Wildman–Crippen MR) is 104 cm³/mol. The number of fused-ring (bicyclic) bond motifs is 1. The average Bonchev–Trinajstić information content (AvgIpc) is 3.48. The third-order valence-electron chi connectivity index (χ3n) is 5.74. The van der Waals surface area contributed by atoms with Gasteiger partial charge < -0.3 is 14.5 Å². The lowest BCUT2D eigenvalue weighted by Gasteiger charge is -2.26. The Morgan fingerprint density at radius 3 is 2.57 bits per heavy atom. The van der Waals surface area contributed by atoms with E-state index < -0.39 is 9.84 Å². The van der Waals surface area contributed by atoms with Crippen LogP contribution < -0.4 is 4.90 Å². The molecule has 0 spiro atoms. The number of nitrogens with zero attached hydrogens (tertiary/aromatic N) is 2. The molecule has 1 aliphatic carbocycles. The molecule has 2 fully saturated rings. The van der Waals surface area contributed by atoms with Gasteiger partial charge in [-0.15, -0.1) is 0 Å². The summed E-state index contributed by atoms with van der Waals surface area (Å²) >= 11 is 0. The van der Waals surface area contributed by atoms with E-state index in [0.29, 0.717) is 32.7 Å². The van der Waals surface area contributed by atoms with Crippen molar-refractivity contribution in [3.05, 3.63) is 23.8 Å². The van der Waals surface area contributed by atoms with Gasteiger partial charge in [-0.25, -0.2) is 8.42 Å². The van der Waals surface area contributed by atoms with Crippen LogP contribution in [0, 0.1) is 5.92 Å². The molecule has 2 heterocycles. The van der Waals surface area contributed by atoms with Crippen LogP contribution >= 0.6 is 0 Å². The summed E-state index contributed by atoms with van der Waals surface area (Å²) in [5.41, 5.74) is 1.72. The van der Waals surface area contributed by atoms with Crippen LogP contribution in [0.4, 0.5) is 5.69 Å². The molecule has 7 nitrogen and oxygen atoms in total. The second-order valence-electron chi connectivity index (χ2n) is 7.89. The number of benzene rings is 1. The molecule has 3 aliphatic rings. The highest BCUT2D eigenvalue weighted by Crippen LogP contribution is 2.39. The van der Waals surface area contributed by atoms with E-state index in [1.165, 1.54) is 0 Å². The summed E-state index contributed by atoms with van der Waals surface area (Å²) in [6.45, 7) is 4.02. The molecular weight excluding hydrogens is 380 g/mol. The summed E-state index contributed by atoms with van der Waals surface area (Å²) < 4.78 is 30.7. The maximum absolute atomic E-state index is 12.8. The first-order valence-electron chi connectivity index (χ1n) is 9.91. The van der Waals surface area contributed by atoms with Crippen LogP contribution in [-0.4, -0.2) is 63.2 Å². The van der Waals surface area contributed by atoms with E-state index in [9.17, 15) is 18.0 Å². The Morgan fingerprint density at radius 2 is 1.89 bits per heavy atom. The van der Waals surface area contributed by atoms with Gasteiger partial charge >= 0.3 is 0 Å². The van der Waals surface area contributed by atoms with Gasteiger partial charge in [0.15, 0.2) is 9.84 Å². The zero-order valence-electron chi connectivity index (χ0n) is 16.1. The second kappa shape index (κ2) is 7.48. The Kier molecular flexibility index (Phi) is 5.18. The average molecular weight is 407 g/mol. The van der Waals surface area contributed by atoms with Crippen molar-refractivity contribution in [1.29, 1.82) is 0 Å². The van der Waals surface area contributed by atoms with Crippen molar-refractivity contribution in [1.82, 2.24) is 4.90 Å². The zero-order chi connectivity index (χ0) is 19.9. The number of amides is 2. The number of sulfone groups is 1. The molecule has 2 amide bonds. The Balaban J connectivity index is 1.46. The molecule has 1 aromatic carbocycles. The molecule has 0 radical (unpaired) electrons. The number of hydrogen-bond donors (Lipinski definition) is 0. The maximum Gasteiger partial charge on any atom is 0.230 e. The molecule has 2 aliphatic heterocycles. The normalized spacial score (nSPS) is 22.2. The predicted octanol–water partition coefficient (Wildman–Crippen LogP) is 1.40. The van der Waals surface area contributed by atoms with Gasteiger partial charge in [-0.1, -0.05) is 0 Å². The minimum atomic E-state index is -3.56. The fourth-order valence-corrected chi connectivity index (χ4v) is 5.25. The third kappa shape index (κ3) is 3.80. The highest BCUT2D eigenvalue weighted by atomic mass is 32.2. The van der Waals surface area contributed by atoms with E-state index in [1.807, 2.05) is 11.8 Å². The lowest BCUT2D eigenvalue weighted by molar-refractivity contribution is -0.134. The van der Waals surface area contributed by atoms with Crippen LogP contribution in [-0.2, 0) is 30.6 Å². The summed E-state index contributed by atoms with van der Waals surface area (Å²) in [5.74, 6) is -0.0775. The van der Waals surface area contributed by atoms with Crippen molar-refractivity contribution in [2.45, 2.75) is 43.5 Å². The molecule has 0 bridgehead atoms. The summed E-state index contributed by atoms with van der Waals surface area (Å²) in [7, 11) is -3.56. The first-order chi connectivity index (χ1) is 13.4. The summed E-state index contributed by atoms with van der Waals surface area (Å²) in [4.78, 5) is 28.5. The minimum absolute atomic E-state index is 0.0257. The SMILES string of the molecule is C[C@H]1Cc2cc(S(=O)(=O)CCC(=O)N3CCOCC3)ccc2N1C(=O)C1CC1. The van der Waals surface area contributed by atoms with E-state index in [-0.39, 0.29) is 40.8 Å². The molecule has 28 heavy (non-hydrogen) atoms.